The number of carbonyl (C=O) groups excluding carboxylic acids is 2. The van der Waals surface area contributed by atoms with Gasteiger partial charge in [0.25, 0.3) is 17.5 Å². The van der Waals surface area contributed by atoms with Gasteiger partial charge in [0.05, 0.1) is 16.1 Å². The van der Waals surface area contributed by atoms with Crippen LogP contribution in [0.1, 0.15) is 26.3 Å². The number of nitro benzene ring substituents is 1. The third-order valence-electron chi connectivity index (χ3n) is 3.73. The molecule has 0 spiro atoms. The Morgan fingerprint density at radius 3 is 2.22 bits per heavy atom. The second-order valence-corrected chi connectivity index (χ2v) is 5.52. The van der Waals surface area contributed by atoms with Gasteiger partial charge in [-0.05, 0) is 24.6 Å². The molecule has 0 saturated heterocycles. The van der Waals surface area contributed by atoms with Crippen molar-refractivity contribution in [1.82, 2.24) is 4.90 Å². The Hall–Kier alpha value is -2.73. The van der Waals surface area contributed by atoms with Crippen LogP contribution in [0.25, 0.3) is 0 Å². The van der Waals surface area contributed by atoms with Crippen LogP contribution < -0.4 is 0 Å². The Labute approximate surface area is 136 Å². The molecule has 2 amide bonds. The van der Waals surface area contributed by atoms with Crippen molar-refractivity contribution in [2.24, 2.45) is 0 Å². The highest BCUT2D eigenvalue weighted by atomic mass is 35.5. The maximum absolute atomic E-state index is 12.3. The number of rotatable bonds is 4. The molecule has 0 saturated carbocycles. The Morgan fingerprint density at radius 2 is 1.65 bits per heavy atom. The molecule has 1 aliphatic rings. The number of benzene rings is 2. The maximum atomic E-state index is 12.3. The van der Waals surface area contributed by atoms with Crippen molar-refractivity contribution in [3.63, 3.8) is 0 Å². The number of amides is 2. The number of imide groups is 1. The monoisotopic (exact) mass is 330 g/mol. The highest BCUT2D eigenvalue weighted by Gasteiger charge is 2.34. The summed E-state index contributed by atoms with van der Waals surface area (Å²) >= 11 is 5.77. The van der Waals surface area contributed by atoms with Crippen LogP contribution in [0.3, 0.4) is 0 Å². The molecule has 2 aromatic carbocycles. The zero-order chi connectivity index (χ0) is 16.6. The minimum atomic E-state index is -0.524. The topological polar surface area (TPSA) is 80.5 Å². The fraction of sp³-hybridized carbons (Fsp3) is 0.125. The summed E-state index contributed by atoms with van der Waals surface area (Å²) in [5.74, 6) is -0.746. The first-order valence-corrected chi connectivity index (χ1v) is 7.25. The molecule has 1 aliphatic heterocycles. The van der Waals surface area contributed by atoms with E-state index in [4.69, 9.17) is 11.6 Å². The molecule has 0 unspecified atom stereocenters. The summed E-state index contributed by atoms with van der Waals surface area (Å²) in [4.78, 5) is 36.2. The first-order chi connectivity index (χ1) is 11.0. The van der Waals surface area contributed by atoms with E-state index in [1.807, 2.05) is 0 Å². The first kappa shape index (κ1) is 15.2. The summed E-state index contributed by atoms with van der Waals surface area (Å²) in [6.45, 7) is 0.0782. The summed E-state index contributed by atoms with van der Waals surface area (Å²) in [7, 11) is 0. The minimum Gasteiger partial charge on any atom is -0.274 e. The normalized spacial score (nSPS) is 13.3. The summed E-state index contributed by atoms with van der Waals surface area (Å²) in [5, 5.41) is 11.3. The lowest BCUT2D eigenvalue weighted by molar-refractivity contribution is -0.385. The second-order valence-electron chi connectivity index (χ2n) is 5.09. The SMILES string of the molecule is O=C1c2ccccc2C(=O)N1CCc1ccc(Cl)cc1[N+](=O)[O-]. The van der Waals surface area contributed by atoms with E-state index in [0.717, 1.165) is 4.90 Å². The number of fused-ring (bicyclic) bond motifs is 1. The van der Waals surface area contributed by atoms with Crippen LogP contribution in [0.5, 0.6) is 0 Å². The third kappa shape index (κ3) is 2.68. The van der Waals surface area contributed by atoms with Crippen molar-refractivity contribution in [3.05, 3.63) is 74.3 Å². The summed E-state index contributed by atoms with van der Waals surface area (Å²) in [6, 6.07) is 10.9. The Morgan fingerprint density at radius 1 is 1.04 bits per heavy atom. The number of hydrogen-bond donors (Lipinski definition) is 0. The molecule has 0 radical (unpaired) electrons. The van der Waals surface area contributed by atoms with Gasteiger partial charge in [0.1, 0.15) is 0 Å². The van der Waals surface area contributed by atoms with E-state index in [0.29, 0.717) is 16.7 Å². The minimum absolute atomic E-state index is 0.0782. The van der Waals surface area contributed by atoms with Crippen molar-refractivity contribution < 1.29 is 14.5 Å². The number of carbonyl (C=O) groups is 2. The predicted molar refractivity (Wildman–Crippen MR) is 83.6 cm³/mol. The van der Waals surface area contributed by atoms with Crippen LogP contribution in [-0.2, 0) is 6.42 Å². The molecule has 0 fully saturated rings. The molecule has 0 aliphatic carbocycles. The molecule has 6 nitrogen and oxygen atoms in total. The molecular weight excluding hydrogens is 320 g/mol. The molecule has 0 N–H and O–H groups in total. The maximum Gasteiger partial charge on any atom is 0.274 e. The van der Waals surface area contributed by atoms with E-state index >= 15 is 0 Å². The molecular formula is C16H11ClN2O4. The van der Waals surface area contributed by atoms with Gasteiger partial charge in [-0.3, -0.25) is 24.6 Å². The Balaban J connectivity index is 1.82. The molecule has 116 valence electrons. The van der Waals surface area contributed by atoms with E-state index in [1.165, 1.54) is 6.07 Å². The molecule has 2 aromatic rings. The van der Waals surface area contributed by atoms with E-state index < -0.39 is 4.92 Å². The zero-order valence-electron chi connectivity index (χ0n) is 11.9. The smallest absolute Gasteiger partial charge is 0.274 e. The molecule has 7 heteroatoms. The molecule has 23 heavy (non-hydrogen) atoms. The summed E-state index contributed by atoms with van der Waals surface area (Å²) in [6.07, 6.45) is 0.193. The average molecular weight is 331 g/mol. The highest BCUT2D eigenvalue weighted by Crippen LogP contribution is 2.26. The van der Waals surface area contributed by atoms with Crippen LogP contribution in [-0.4, -0.2) is 28.2 Å². The van der Waals surface area contributed by atoms with Crippen LogP contribution >= 0.6 is 11.6 Å². The standard InChI is InChI=1S/C16H11ClN2O4/c17-11-6-5-10(14(9-11)19(22)23)7-8-18-15(20)12-3-1-2-4-13(12)16(18)21/h1-6,9H,7-8H2. The molecule has 0 aromatic heterocycles. The van der Waals surface area contributed by atoms with Gasteiger partial charge in [-0.2, -0.15) is 0 Å². The number of nitrogens with zero attached hydrogens (tertiary/aromatic N) is 2. The third-order valence-corrected chi connectivity index (χ3v) is 3.96. The molecule has 1 heterocycles. The predicted octanol–water partition coefficient (Wildman–Crippen LogP) is 3.09. The van der Waals surface area contributed by atoms with Crippen molar-refractivity contribution in [2.75, 3.05) is 6.54 Å². The van der Waals surface area contributed by atoms with Gasteiger partial charge in [0.2, 0.25) is 0 Å². The van der Waals surface area contributed by atoms with E-state index in [9.17, 15) is 19.7 Å². The van der Waals surface area contributed by atoms with Gasteiger partial charge in [-0.25, -0.2) is 0 Å². The van der Waals surface area contributed by atoms with Gasteiger partial charge >= 0.3 is 0 Å². The van der Waals surface area contributed by atoms with E-state index in [2.05, 4.69) is 0 Å². The lowest BCUT2D eigenvalue weighted by Gasteiger charge is -2.13. The van der Waals surface area contributed by atoms with Crippen molar-refractivity contribution in [2.45, 2.75) is 6.42 Å². The molecule has 0 atom stereocenters. The van der Waals surface area contributed by atoms with Gasteiger partial charge in [0, 0.05) is 23.2 Å². The van der Waals surface area contributed by atoms with Crippen molar-refractivity contribution in [1.29, 1.82) is 0 Å². The number of nitro groups is 1. The zero-order valence-corrected chi connectivity index (χ0v) is 12.6. The van der Waals surface area contributed by atoms with E-state index in [1.54, 1.807) is 36.4 Å². The van der Waals surface area contributed by atoms with Gasteiger partial charge in [0.15, 0.2) is 0 Å². The van der Waals surface area contributed by atoms with Crippen molar-refractivity contribution >= 4 is 29.1 Å². The van der Waals surface area contributed by atoms with Gasteiger partial charge < -0.3 is 0 Å². The van der Waals surface area contributed by atoms with Crippen LogP contribution in [0, 0.1) is 10.1 Å². The lowest BCUT2D eigenvalue weighted by Crippen LogP contribution is -2.31. The van der Waals surface area contributed by atoms with Crippen LogP contribution in [0.2, 0.25) is 5.02 Å². The van der Waals surface area contributed by atoms with Gasteiger partial charge in [-0.15, -0.1) is 0 Å². The van der Waals surface area contributed by atoms with Gasteiger partial charge in [-0.1, -0.05) is 29.8 Å². The van der Waals surface area contributed by atoms with Crippen LogP contribution in [0.4, 0.5) is 5.69 Å². The highest BCUT2D eigenvalue weighted by molar-refractivity contribution is 6.30. The number of halogens is 1. The molecule has 0 bridgehead atoms. The second kappa shape index (κ2) is 5.81. The average Bonchev–Trinajstić information content (AvgIpc) is 2.78. The fourth-order valence-corrected chi connectivity index (χ4v) is 2.76. The fourth-order valence-electron chi connectivity index (χ4n) is 2.59. The first-order valence-electron chi connectivity index (χ1n) is 6.87. The summed E-state index contributed by atoms with van der Waals surface area (Å²) < 4.78 is 0. The Bertz CT molecular complexity index is 800. The lowest BCUT2D eigenvalue weighted by atomic mass is 10.1. The quantitative estimate of drug-likeness (QED) is 0.490. The largest absolute Gasteiger partial charge is 0.274 e. The van der Waals surface area contributed by atoms with Crippen LogP contribution in [0.15, 0.2) is 42.5 Å². The molecule has 3 rings (SSSR count). The number of hydrogen-bond acceptors (Lipinski definition) is 4. The van der Waals surface area contributed by atoms with E-state index in [-0.39, 0.29) is 35.5 Å². The summed E-state index contributed by atoms with van der Waals surface area (Å²) in [5.41, 5.74) is 1.04. The van der Waals surface area contributed by atoms with Crippen molar-refractivity contribution in [3.8, 4) is 0 Å². The Kier molecular flexibility index (Phi) is 3.83.